The van der Waals surface area contributed by atoms with Gasteiger partial charge in [-0.25, -0.2) is 0 Å². The summed E-state index contributed by atoms with van der Waals surface area (Å²) in [5.41, 5.74) is 13.1. The predicted octanol–water partition coefficient (Wildman–Crippen LogP) is 18.5. The number of aromatic hydroxyl groups is 4. The van der Waals surface area contributed by atoms with Gasteiger partial charge in [0.15, 0.2) is 0 Å². The zero-order chi connectivity index (χ0) is 61.7. The lowest BCUT2D eigenvalue weighted by Gasteiger charge is -2.31. The van der Waals surface area contributed by atoms with E-state index >= 15 is 0 Å². The highest BCUT2D eigenvalue weighted by atomic mass is 27.0. The van der Waals surface area contributed by atoms with Crippen LogP contribution in [0, 0.1) is 0 Å². The lowest BCUT2D eigenvalue weighted by molar-refractivity contribution is 0.281. The molecular formula is C74H108Al2O6. The lowest BCUT2D eigenvalue weighted by Crippen LogP contribution is -2.19. The number of benzene rings is 6. The third-order valence-electron chi connectivity index (χ3n) is 15.2. The molecule has 0 aliphatic rings. The van der Waals surface area contributed by atoms with Crippen LogP contribution >= 0.6 is 0 Å². The first kappa shape index (κ1) is 75.5. The Hall–Kier alpha value is -4.50. The maximum Gasteiger partial charge on any atom is 0.123 e. The summed E-state index contributed by atoms with van der Waals surface area (Å²) in [6.45, 7) is 56.6. The van der Waals surface area contributed by atoms with Gasteiger partial charge < -0.3 is 30.6 Å². The molecule has 0 spiro atoms. The molecule has 0 fully saturated rings. The van der Waals surface area contributed by atoms with Crippen LogP contribution in [0.3, 0.4) is 0 Å². The molecule has 6 radical (unpaired) electrons. The fourth-order valence-electron chi connectivity index (χ4n) is 9.47. The smallest absolute Gasteiger partial charge is 0.123 e. The van der Waals surface area contributed by atoms with Crippen molar-refractivity contribution >= 4 is 34.7 Å². The summed E-state index contributed by atoms with van der Waals surface area (Å²) in [6, 6.07) is 36.2. The van der Waals surface area contributed by atoms with Gasteiger partial charge in [0.25, 0.3) is 0 Å². The highest BCUT2D eigenvalue weighted by molar-refractivity contribution is 5.76. The molecule has 6 aromatic rings. The minimum Gasteiger partial charge on any atom is -0.507 e. The van der Waals surface area contributed by atoms with Crippen molar-refractivity contribution in [1.29, 1.82) is 0 Å². The molecule has 8 heteroatoms. The monoisotopic (exact) mass is 1150 g/mol. The van der Waals surface area contributed by atoms with Gasteiger partial charge in [0.1, 0.15) is 23.0 Å². The van der Waals surface area contributed by atoms with E-state index in [1.807, 2.05) is 60.7 Å². The number of phenols is 4. The van der Waals surface area contributed by atoms with E-state index in [-0.39, 0.29) is 103 Å². The summed E-state index contributed by atoms with van der Waals surface area (Å²) in [5, 5.41) is 62.7. The molecule has 0 amide bonds. The van der Waals surface area contributed by atoms with Gasteiger partial charge in [-0.1, -0.05) is 289 Å². The number of aliphatic hydroxyl groups is 2. The summed E-state index contributed by atoms with van der Waals surface area (Å²) in [4.78, 5) is 0. The molecule has 446 valence electrons. The molecule has 0 aromatic heterocycles. The first-order valence-corrected chi connectivity index (χ1v) is 29.0. The quantitative estimate of drug-likeness (QED) is 0.0924. The second-order valence-electron chi connectivity index (χ2n) is 30.6. The average molecular weight is 1150 g/mol. The van der Waals surface area contributed by atoms with E-state index in [1.54, 1.807) is 0 Å². The summed E-state index contributed by atoms with van der Waals surface area (Å²) in [6.07, 6.45) is 0. The van der Waals surface area contributed by atoms with Crippen molar-refractivity contribution in [2.75, 3.05) is 0 Å². The van der Waals surface area contributed by atoms with Gasteiger partial charge >= 0.3 is 0 Å². The Labute approximate surface area is 520 Å². The van der Waals surface area contributed by atoms with Crippen molar-refractivity contribution < 1.29 is 30.6 Å². The van der Waals surface area contributed by atoms with Crippen LogP contribution in [0.25, 0.3) is 0 Å². The summed E-state index contributed by atoms with van der Waals surface area (Å²) >= 11 is 0. The van der Waals surface area contributed by atoms with Crippen LogP contribution in [-0.4, -0.2) is 65.4 Å². The zero-order valence-corrected chi connectivity index (χ0v) is 58.1. The second-order valence-corrected chi connectivity index (χ2v) is 30.6. The molecule has 0 unspecified atom stereocenters. The predicted molar refractivity (Wildman–Crippen MR) is 353 cm³/mol. The number of aliphatic hydroxyl groups excluding tert-OH is 2. The second kappa shape index (κ2) is 28.6. The van der Waals surface area contributed by atoms with Crippen molar-refractivity contribution in [3.8, 4) is 23.0 Å². The van der Waals surface area contributed by atoms with Crippen LogP contribution in [0.15, 0.2) is 109 Å². The normalized spacial score (nSPS) is 12.5. The highest BCUT2D eigenvalue weighted by Gasteiger charge is 2.33. The van der Waals surface area contributed by atoms with Crippen LogP contribution in [0.4, 0.5) is 0 Å². The number of rotatable bonds is 6. The maximum atomic E-state index is 11.4. The van der Waals surface area contributed by atoms with E-state index in [2.05, 4.69) is 229 Å². The SMILES string of the molecule is CC(c1cc(C(C)(C)C)cc(C(C)(C)C)c1O)c1cc(C(C)(C)C)cc(C(C)(C)C)c1O.CC(c1cc(C(C)(C)C)cc(C(C)(C)C)c1O)c1cc(C(C)(C)C)cc(C(C)(C)C)c1O.OCc1ccccc1.OCc1ccccc1.[Al].[Al]. The minimum absolute atomic E-state index is 0. The van der Waals surface area contributed by atoms with Gasteiger partial charge in [-0.2, -0.15) is 0 Å². The highest BCUT2D eigenvalue weighted by Crippen LogP contribution is 2.49. The van der Waals surface area contributed by atoms with Gasteiger partial charge in [0, 0.05) is 68.8 Å². The van der Waals surface area contributed by atoms with E-state index in [9.17, 15) is 20.4 Å². The Bertz CT molecular complexity index is 2600. The number of hydrogen-bond donors (Lipinski definition) is 6. The first-order chi connectivity index (χ1) is 36.2. The van der Waals surface area contributed by atoms with Crippen LogP contribution in [0.1, 0.15) is 270 Å². The first-order valence-electron chi connectivity index (χ1n) is 29.0. The third kappa shape index (κ3) is 20.4. The Kier molecular flexibility index (Phi) is 26.3. The molecule has 6 N–H and O–H groups in total. The molecule has 6 rings (SSSR count). The Morgan fingerprint density at radius 3 is 0.573 bits per heavy atom. The van der Waals surface area contributed by atoms with Crippen LogP contribution in [-0.2, 0) is 56.5 Å². The van der Waals surface area contributed by atoms with Crippen molar-refractivity contribution in [2.45, 2.75) is 248 Å². The summed E-state index contributed by atoms with van der Waals surface area (Å²) in [7, 11) is 0. The fraction of sp³-hybridized carbons (Fsp3) is 0.514. The molecule has 0 atom stereocenters. The maximum absolute atomic E-state index is 11.4. The average Bonchev–Trinajstić information content (AvgIpc) is 3.32. The third-order valence-corrected chi connectivity index (χ3v) is 15.2. The van der Waals surface area contributed by atoms with Gasteiger partial charge in [0.05, 0.1) is 13.2 Å². The molecular weight excluding hydrogens is 1040 g/mol. The standard InChI is InChI=1S/2C30H46O2.2C7H8O.2Al/c2*1-18(21-14-19(27(2,3)4)16-23(25(21)31)29(8,9)10)22-15-20(28(5,6)7)17-24(26(22)32)30(11,12)13;2*8-6-7-4-2-1-3-5-7;;/h2*14-18,31-32H,1-13H3;2*1-5,8H,6H2;;. The van der Waals surface area contributed by atoms with E-state index in [4.69, 9.17) is 10.2 Å². The molecule has 0 heterocycles. The van der Waals surface area contributed by atoms with Crippen LogP contribution in [0.2, 0.25) is 0 Å². The fourth-order valence-corrected chi connectivity index (χ4v) is 9.47. The Balaban J connectivity index is 0.000000630. The van der Waals surface area contributed by atoms with Gasteiger partial charge in [-0.05, 0) is 99.0 Å². The van der Waals surface area contributed by atoms with Gasteiger partial charge in [0.2, 0.25) is 0 Å². The summed E-state index contributed by atoms with van der Waals surface area (Å²) in [5.74, 6) is 1.07. The van der Waals surface area contributed by atoms with E-state index in [0.717, 1.165) is 55.6 Å². The van der Waals surface area contributed by atoms with Crippen molar-refractivity contribution in [3.63, 3.8) is 0 Å². The molecule has 0 saturated carbocycles. The van der Waals surface area contributed by atoms with E-state index in [1.165, 1.54) is 22.3 Å². The molecule has 6 aromatic carbocycles. The molecule has 82 heavy (non-hydrogen) atoms. The van der Waals surface area contributed by atoms with E-state index < -0.39 is 0 Å². The molecule has 6 nitrogen and oxygen atoms in total. The van der Waals surface area contributed by atoms with Crippen molar-refractivity contribution in [1.82, 2.24) is 0 Å². The van der Waals surface area contributed by atoms with Gasteiger partial charge in [-0.15, -0.1) is 0 Å². The number of hydrogen-bond acceptors (Lipinski definition) is 6. The zero-order valence-electron chi connectivity index (χ0n) is 55.8. The number of phenolic OH excluding ortho intramolecular Hbond substituents is 4. The van der Waals surface area contributed by atoms with E-state index in [0.29, 0.717) is 23.0 Å². The van der Waals surface area contributed by atoms with Crippen LogP contribution < -0.4 is 0 Å². The molecule has 0 aliphatic carbocycles. The largest absolute Gasteiger partial charge is 0.507 e. The summed E-state index contributed by atoms with van der Waals surface area (Å²) < 4.78 is 0. The molecule has 0 aliphatic heterocycles. The molecule has 0 saturated heterocycles. The van der Waals surface area contributed by atoms with Crippen molar-refractivity contribution in [2.24, 2.45) is 0 Å². The minimum atomic E-state index is -0.189. The van der Waals surface area contributed by atoms with Crippen molar-refractivity contribution in [3.05, 3.63) is 187 Å². The molecule has 0 bridgehead atoms. The Morgan fingerprint density at radius 1 is 0.280 bits per heavy atom. The van der Waals surface area contributed by atoms with Gasteiger partial charge in [-0.3, -0.25) is 0 Å². The Morgan fingerprint density at radius 2 is 0.451 bits per heavy atom. The topological polar surface area (TPSA) is 121 Å². The lowest BCUT2D eigenvalue weighted by atomic mass is 9.74. The van der Waals surface area contributed by atoms with Crippen LogP contribution in [0.5, 0.6) is 23.0 Å².